The number of aliphatic hydroxyl groups excluding tert-OH is 2. The molecule has 2 aliphatic rings. The van der Waals surface area contributed by atoms with E-state index in [9.17, 15) is 19.5 Å². The number of carbonyl (C=O) groups excluding carboxylic acids is 1. The lowest BCUT2D eigenvalue weighted by molar-refractivity contribution is -0.0459. The Morgan fingerprint density at radius 1 is 1.33 bits per heavy atom. The Bertz CT molecular complexity index is 771. The van der Waals surface area contributed by atoms with Gasteiger partial charge in [-0.15, -0.1) is 0 Å². The molecule has 2 saturated heterocycles. The number of hydrogen-bond donors (Lipinski definition) is 4. The number of nitrogens with one attached hydrogen (secondary N) is 2. The molecule has 2 aliphatic heterocycles. The maximum atomic E-state index is 12.4. The predicted molar refractivity (Wildman–Crippen MR) is 92.5 cm³/mol. The molecule has 0 aliphatic carbocycles. The van der Waals surface area contributed by atoms with Gasteiger partial charge in [0.2, 0.25) is 0 Å². The van der Waals surface area contributed by atoms with Crippen LogP contribution in [0.2, 0.25) is 0 Å². The zero-order valence-electron chi connectivity index (χ0n) is 14.8. The topological polar surface area (TPSA) is 146 Å². The Morgan fingerprint density at radius 2 is 2.07 bits per heavy atom. The van der Waals surface area contributed by atoms with Gasteiger partial charge in [-0.2, -0.15) is 0 Å². The average molecular weight is 384 g/mol. The summed E-state index contributed by atoms with van der Waals surface area (Å²) in [4.78, 5) is 40.6. The quantitative estimate of drug-likeness (QED) is 0.413. The third-order valence-corrected chi connectivity index (χ3v) is 4.72. The van der Waals surface area contributed by atoms with Gasteiger partial charge in [-0.1, -0.05) is 0 Å². The molecule has 0 saturated carbocycles. The lowest BCUT2D eigenvalue weighted by Gasteiger charge is -2.26. The zero-order valence-corrected chi connectivity index (χ0v) is 14.8. The van der Waals surface area contributed by atoms with Gasteiger partial charge in [0.15, 0.2) is 0 Å². The molecule has 4 N–H and O–H groups in total. The van der Waals surface area contributed by atoms with Gasteiger partial charge in [-0.05, 0) is 0 Å². The fourth-order valence-electron chi connectivity index (χ4n) is 3.16. The lowest BCUT2D eigenvalue weighted by atomic mass is 10.2. The van der Waals surface area contributed by atoms with Crippen LogP contribution in [0.3, 0.4) is 0 Å². The van der Waals surface area contributed by atoms with Gasteiger partial charge in [-0.25, -0.2) is 4.79 Å². The van der Waals surface area contributed by atoms with Crippen LogP contribution in [-0.2, 0) is 9.47 Å². The molecule has 1 aromatic rings. The molecular weight excluding hydrogens is 360 g/mol. The summed E-state index contributed by atoms with van der Waals surface area (Å²) in [6.45, 7) is 3.46. The second-order valence-electron chi connectivity index (χ2n) is 6.53. The Balaban J connectivity index is 1.67. The number of aliphatic hydroxyl groups is 2. The molecule has 0 radical (unpaired) electrons. The maximum Gasteiger partial charge on any atom is 0.330 e. The van der Waals surface area contributed by atoms with Crippen LogP contribution in [0.5, 0.6) is 0 Å². The molecular formula is C16H24N4O7. The lowest BCUT2D eigenvalue weighted by Crippen LogP contribution is -2.43. The van der Waals surface area contributed by atoms with Gasteiger partial charge in [0.05, 0.1) is 25.9 Å². The molecule has 3 heterocycles. The first-order valence-corrected chi connectivity index (χ1v) is 8.87. The molecule has 1 aromatic heterocycles. The van der Waals surface area contributed by atoms with Gasteiger partial charge in [-0.3, -0.25) is 24.0 Å². The second-order valence-corrected chi connectivity index (χ2v) is 6.53. The summed E-state index contributed by atoms with van der Waals surface area (Å²) in [5.41, 5.74) is -1.76. The van der Waals surface area contributed by atoms with Crippen LogP contribution in [0.4, 0.5) is 0 Å². The molecule has 0 bridgehead atoms. The first kappa shape index (κ1) is 19.7. The van der Waals surface area contributed by atoms with Gasteiger partial charge in [0.25, 0.3) is 11.5 Å². The SMILES string of the molecule is O=C(NCCN1CCOCC1)c1cn([C@@H]2CC(O)[C@H](CO)O2)c(=O)[nH]c1=O. The Kier molecular flexibility index (Phi) is 6.39. The second kappa shape index (κ2) is 8.76. The highest BCUT2D eigenvalue weighted by Crippen LogP contribution is 2.27. The van der Waals surface area contributed by atoms with Crippen LogP contribution in [0, 0.1) is 0 Å². The summed E-state index contributed by atoms with van der Waals surface area (Å²) < 4.78 is 11.7. The first-order valence-electron chi connectivity index (χ1n) is 8.87. The Hall–Kier alpha value is -2.05. The van der Waals surface area contributed by atoms with Crippen molar-refractivity contribution in [3.05, 3.63) is 32.6 Å². The summed E-state index contributed by atoms with van der Waals surface area (Å²) in [6, 6.07) is 0. The van der Waals surface area contributed by atoms with Crippen molar-refractivity contribution in [2.24, 2.45) is 0 Å². The van der Waals surface area contributed by atoms with Crippen molar-refractivity contribution in [3.8, 4) is 0 Å². The average Bonchev–Trinajstić information content (AvgIpc) is 3.03. The van der Waals surface area contributed by atoms with E-state index in [1.807, 2.05) is 0 Å². The van der Waals surface area contributed by atoms with E-state index in [0.717, 1.165) is 23.9 Å². The number of morpholine rings is 1. The minimum atomic E-state index is -0.940. The molecule has 1 unspecified atom stereocenters. The molecule has 0 aromatic carbocycles. The Labute approximate surface area is 154 Å². The molecule has 11 heteroatoms. The van der Waals surface area contributed by atoms with Crippen molar-refractivity contribution in [2.75, 3.05) is 46.0 Å². The smallest absolute Gasteiger partial charge is 0.330 e. The van der Waals surface area contributed by atoms with E-state index >= 15 is 0 Å². The van der Waals surface area contributed by atoms with Crippen LogP contribution < -0.4 is 16.6 Å². The van der Waals surface area contributed by atoms with E-state index in [4.69, 9.17) is 14.6 Å². The number of nitrogens with zero attached hydrogens (tertiary/aromatic N) is 2. The van der Waals surface area contributed by atoms with E-state index in [1.54, 1.807) is 0 Å². The van der Waals surface area contributed by atoms with Crippen LogP contribution in [0.1, 0.15) is 23.0 Å². The van der Waals surface area contributed by atoms with Gasteiger partial charge in [0.1, 0.15) is 17.9 Å². The Morgan fingerprint density at radius 3 is 2.74 bits per heavy atom. The number of ether oxygens (including phenoxy) is 2. The van der Waals surface area contributed by atoms with Crippen LogP contribution in [0.15, 0.2) is 15.8 Å². The van der Waals surface area contributed by atoms with Crippen LogP contribution >= 0.6 is 0 Å². The monoisotopic (exact) mass is 384 g/mol. The van der Waals surface area contributed by atoms with E-state index < -0.39 is 42.2 Å². The molecule has 11 nitrogen and oxygen atoms in total. The van der Waals surface area contributed by atoms with Gasteiger partial charge >= 0.3 is 5.69 Å². The van der Waals surface area contributed by atoms with Crippen LogP contribution in [0.25, 0.3) is 0 Å². The number of H-pyrrole nitrogens is 1. The molecule has 3 rings (SSSR count). The highest BCUT2D eigenvalue weighted by Gasteiger charge is 2.35. The minimum absolute atomic E-state index is 0.0647. The van der Waals surface area contributed by atoms with E-state index in [0.29, 0.717) is 26.3 Å². The standard InChI is InChI=1S/C16H24N4O7/c21-9-12-11(22)7-13(27-12)20-8-10(15(24)18-16(20)25)14(23)17-1-2-19-3-5-26-6-4-19/h8,11-13,21-22H,1-7,9H2,(H,17,23)(H,18,24,25)/t11?,12-,13-/m0/s1. The molecule has 1 amide bonds. The normalized spacial score (nSPS) is 26.2. The van der Waals surface area contributed by atoms with Crippen LogP contribution in [-0.4, -0.2) is 88.8 Å². The summed E-state index contributed by atoms with van der Waals surface area (Å²) in [7, 11) is 0. The summed E-state index contributed by atoms with van der Waals surface area (Å²) >= 11 is 0. The number of aromatic nitrogens is 2. The fourth-order valence-corrected chi connectivity index (χ4v) is 3.16. The third kappa shape index (κ3) is 4.62. The zero-order chi connectivity index (χ0) is 19.4. The number of aromatic amines is 1. The largest absolute Gasteiger partial charge is 0.394 e. The number of amides is 1. The summed E-state index contributed by atoms with van der Waals surface area (Å²) in [5, 5.41) is 21.6. The van der Waals surface area contributed by atoms with Crippen molar-refractivity contribution < 1.29 is 24.5 Å². The van der Waals surface area contributed by atoms with Gasteiger partial charge in [0, 0.05) is 38.8 Å². The van der Waals surface area contributed by atoms with Crippen molar-refractivity contribution in [3.63, 3.8) is 0 Å². The number of carbonyl (C=O) groups is 1. The van der Waals surface area contributed by atoms with Crippen molar-refractivity contribution in [2.45, 2.75) is 24.9 Å². The summed E-state index contributed by atoms with van der Waals surface area (Å²) in [5.74, 6) is -0.601. The maximum absolute atomic E-state index is 12.4. The van der Waals surface area contributed by atoms with E-state index in [2.05, 4.69) is 15.2 Å². The predicted octanol–water partition coefficient (Wildman–Crippen LogP) is -2.76. The highest BCUT2D eigenvalue weighted by atomic mass is 16.5. The third-order valence-electron chi connectivity index (χ3n) is 4.72. The van der Waals surface area contributed by atoms with Crippen molar-refractivity contribution in [1.29, 1.82) is 0 Å². The summed E-state index contributed by atoms with van der Waals surface area (Å²) in [6.07, 6.45) is -1.44. The number of hydrogen-bond acceptors (Lipinski definition) is 8. The minimum Gasteiger partial charge on any atom is -0.394 e. The van der Waals surface area contributed by atoms with Gasteiger partial charge < -0.3 is 25.0 Å². The van der Waals surface area contributed by atoms with Crippen molar-refractivity contribution >= 4 is 5.91 Å². The first-order chi connectivity index (χ1) is 13.0. The van der Waals surface area contributed by atoms with Crippen molar-refractivity contribution in [1.82, 2.24) is 19.8 Å². The molecule has 150 valence electrons. The molecule has 3 atom stereocenters. The number of rotatable bonds is 6. The molecule has 27 heavy (non-hydrogen) atoms. The highest BCUT2D eigenvalue weighted by molar-refractivity contribution is 5.93. The fraction of sp³-hybridized carbons (Fsp3) is 0.688. The molecule has 0 spiro atoms. The van der Waals surface area contributed by atoms with E-state index in [-0.39, 0.29) is 12.0 Å². The van der Waals surface area contributed by atoms with E-state index in [1.165, 1.54) is 0 Å². The molecule has 2 fully saturated rings.